The predicted molar refractivity (Wildman–Crippen MR) is 339 cm³/mol. The molecule has 0 unspecified atom stereocenters. The van der Waals surface area contributed by atoms with Crippen LogP contribution in [0.5, 0.6) is 5.75 Å². The summed E-state index contributed by atoms with van der Waals surface area (Å²) in [6.07, 6.45) is 0.488. The molecule has 0 saturated carbocycles. The number of carbonyl (C=O) groups excluding carboxylic acids is 4. The number of hydrogen-bond acceptors (Lipinski definition) is 13. The average molecular weight is 1250 g/mol. The zero-order valence-electron chi connectivity index (χ0n) is 51.6. The first-order chi connectivity index (χ1) is 42.2. The Morgan fingerprint density at radius 2 is 0.798 bits per heavy atom. The summed E-state index contributed by atoms with van der Waals surface area (Å²) in [5.41, 5.74) is 10.7. The summed E-state index contributed by atoms with van der Waals surface area (Å²) < 4.78 is 81.1. The third kappa shape index (κ3) is 22.0. The molecule has 0 fully saturated rings. The monoisotopic (exact) mass is 1240 g/mol. The van der Waals surface area contributed by atoms with Crippen molar-refractivity contribution in [2.75, 3.05) is 35.3 Å². The van der Waals surface area contributed by atoms with Gasteiger partial charge in [-0.1, -0.05) is 66.2 Å². The average Bonchev–Trinajstić information content (AvgIpc) is 3.55. The summed E-state index contributed by atoms with van der Waals surface area (Å²) in [5, 5.41) is 12.6. The molecule has 4 heterocycles. The minimum absolute atomic E-state index is 0.0226. The second-order valence-corrected chi connectivity index (χ2v) is 21.6. The molecule has 13 nitrogen and oxygen atoms in total. The fraction of sp³-hybridized carbons (Fsp3) is 0.304. The molecule has 8 rings (SSSR count). The van der Waals surface area contributed by atoms with Crippen LogP contribution in [-0.4, -0.2) is 103 Å². The largest absolute Gasteiger partial charge is 0.497 e. The standard InChI is InChI=1S/C18H22N2O2.C17H19ClN2O.2C17H17F3N2O/c1-12-9-15(22-4)6-7-16(12)17-8-5-14(11-20-17)10-18(19-3)13(2)21;1-11-8-14(18)5-6-15(11)16-7-4-13(10-20-16)9-17(19-3)12(2)21;1-11(23)16(21-2)9-12-3-8-15(22-10-12)13-4-6-14(7-5-13)17(18,19)20;1-11(23)16(21-2)8-12-6-7-15(22-10-12)13-4-3-5-14(9-13)17(18,19)20/h5-9,11,18-19H,10H2,1-4H3;4-8,10,17,19H,9H2,1-3H3;3-8,10,16,21H,9H2,1-2H3;3-7,9-10,16,21H,8H2,1-2H3/t18-;17-;2*16-/m0000/s1. The minimum atomic E-state index is -4.38. The van der Waals surface area contributed by atoms with Crippen LogP contribution in [0.2, 0.25) is 5.02 Å². The minimum Gasteiger partial charge on any atom is -0.497 e. The second kappa shape index (κ2) is 33.9. The molecule has 0 aliphatic rings. The summed E-state index contributed by atoms with van der Waals surface area (Å²) in [7, 11) is 8.68. The van der Waals surface area contributed by atoms with E-state index in [1.807, 2.05) is 93.0 Å². The zero-order chi connectivity index (χ0) is 65.6. The second-order valence-electron chi connectivity index (χ2n) is 21.1. The number of nitrogens with zero attached hydrogens (tertiary/aromatic N) is 4. The summed E-state index contributed by atoms with van der Waals surface area (Å²) in [6.45, 7) is 10.3. The third-order valence-electron chi connectivity index (χ3n) is 14.6. The van der Waals surface area contributed by atoms with Crippen LogP contribution in [0.15, 0.2) is 158 Å². The van der Waals surface area contributed by atoms with Gasteiger partial charge in [-0.15, -0.1) is 0 Å². The number of halogens is 7. The van der Waals surface area contributed by atoms with E-state index in [-0.39, 0.29) is 47.3 Å². The van der Waals surface area contributed by atoms with Crippen molar-refractivity contribution in [2.45, 2.75) is 104 Å². The molecule has 4 aromatic heterocycles. The summed E-state index contributed by atoms with van der Waals surface area (Å²) in [5.74, 6) is 1.18. The molecule has 470 valence electrons. The van der Waals surface area contributed by atoms with Gasteiger partial charge in [0.05, 0.1) is 65.2 Å². The van der Waals surface area contributed by atoms with Gasteiger partial charge >= 0.3 is 12.4 Å². The van der Waals surface area contributed by atoms with E-state index in [9.17, 15) is 45.5 Å². The highest BCUT2D eigenvalue weighted by Gasteiger charge is 2.31. The first kappa shape index (κ1) is 71.4. The Hall–Kier alpha value is -8.33. The van der Waals surface area contributed by atoms with Crippen molar-refractivity contribution in [1.82, 2.24) is 41.2 Å². The number of likely N-dealkylation sites (N-methyl/N-ethyl adjacent to an activating group) is 4. The number of ketones is 4. The Morgan fingerprint density at radius 3 is 1.11 bits per heavy atom. The summed E-state index contributed by atoms with van der Waals surface area (Å²) >= 11 is 5.97. The smallest absolute Gasteiger partial charge is 0.416 e. The number of benzene rings is 4. The Balaban J connectivity index is 0.000000216. The van der Waals surface area contributed by atoms with Gasteiger partial charge in [-0.3, -0.25) is 39.1 Å². The number of pyridine rings is 4. The lowest BCUT2D eigenvalue weighted by atomic mass is 10.0. The van der Waals surface area contributed by atoms with Crippen LogP contribution in [0, 0.1) is 13.8 Å². The molecule has 0 aliphatic carbocycles. The number of methoxy groups -OCH3 is 1. The van der Waals surface area contributed by atoms with Crippen LogP contribution in [0.1, 0.15) is 72.2 Å². The molecule has 0 bridgehead atoms. The van der Waals surface area contributed by atoms with Crippen molar-refractivity contribution in [3.63, 3.8) is 0 Å². The Labute approximate surface area is 521 Å². The van der Waals surface area contributed by atoms with Crippen molar-refractivity contribution >= 4 is 34.7 Å². The van der Waals surface area contributed by atoms with E-state index in [0.717, 1.165) is 90.9 Å². The first-order valence-corrected chi connectivity index (χ1v) is 28.8. The van der Waals surface area contributed by atoms with Gasteiger partial charge in [0.25, 0.3) is 0 Å². The van der Waals surface area contributed by atoms with Crippen molar-refractivity contribution in [3.05, 3.63) is 208 Å². The zero-order valence-corrected chi connectivity index (χ0v) is 52.4. The molecule has 4 atom stereocenters. The van der Waals surface area contributed by atoms with Crippen molar-refractivity contribution < 1.29 is 50.3 Å². The van der Waals surface area contributed by atoms with Crippen LogP contribution >= 0.6 is 11.6 Å². The molecule has 8 aromatic rings. The molecule has 0 saturated heterocycles. The Morgan fingerprint density at radius 1 is 0.438 bits per heavy atom. The SMILES string of the molecule is CN[C@@H](Cc1ccc(-c2ccc(C(F)(F)F)cc2)nc1)C(C)=O.CN[C@@H](Cc1ccc(-c2ccc(Cl)cc2C)nc1)C(C)=O.CN[C@@H](Cc1ccc(-c2ccc(OC)cc2C)nc1)C(C)=O.CN[C@@H](Cc1ccc(-c2cccc(C(F)(F)F)c2)nc1)C(C)=O. The number of aromatic nitrogens is 4. The van der Waals surface area contributed by atoms with E-state index in [0.29, 0.717) is 48.2 Å². The van der Waals surface area contributed by atoms with Crippen LogP contribution < -0.4 is 26.0 Å². The van der Waals surface area contributed by atoms with Gasteiger partial charge in [-0.05, 0) is 208 Å². The fourth-order valence-corrected chi connectivity index (χ4v) is 9.46. The maximum atomic E-state index is 12.7. The summed E-state index contributed by atoms with van der Waals surface area (Å²) in [6, 6.07) is 35.8. The molecular weight excluding hydrogens is 1170 g/mol. The van der Waals surface area contributed by atoms with Crippen LogP contribution in [0.25, 0.3) is 45.0 Å². The van der Waals surface area contributed by atoms with Crippen LogP contribution in [-0.2, 0) is 57.2 Å². The lowest BCUT2D eigenvalue weighted by molar-refractivity contribution is -0.138. The van der Waals surface area contributed by atoms with Crippen molar-refractivity contribution in [1.29, 1.82) is 0 Å². The third-order valence-corrected chi connectivity index (χ3v) is 14.8. The molecule has 0 aliphatic heterocycles. The molecule has 0 amide bonds. The lowest BCUT2D eigenvalue weighted by Crippen LogP contribution is -2.34. The number of alkyl halides is 6. The van der Waals surface area contributed by atoms with E-state index in [2.05, 4.69) is 41.2 Å². The van der Waals surface area contributed by atoms with Gasteiger partial charge in [-0.2, -0.15) is 26.3 Å². The quantitative estimate of drug-likeness (QED) is 0.0500. The van der Waals surface area contributed by atoms with Crippen molar-refractivity contribution in [2.24, 2.45) is 0 Å². The molecule has 4 N–H and O–H groups in total. The molecule has 0 radical (unpaired) electrons. The topological polar surface area (TPSA) is 177 Å². The number of carbonyl (C=O) groups is 4. The first-order valence-electron chi connectivity index (χ1n) is 28.5. The maximum absolute atomic E-state index is 12.7. The lowest BCUT2D eigenvalue weighted by Gasteiger charge is -2.13. The predicted octanol–water partition coefficient (Wildman–Crippen LogP) is 13.2. The fourth-order valence-electron chi connectivity index (χ4n) is 9.23. The van der Waals surface area contributed by atoms with Gasteiger partial charge in [0, 0.05) is 52.1 Å². The normalized spacial score (nSPS) is 12.5. The van der Waals surface area contributed by atoms with E-state index < -0.39 is 23.5 Å². The summed E-state index contributed by atoms with van der Waals surface area (Å²) in [4.78, 5) is 63.3. The number of aryl methyl sites for hydroxylation is 2. The van der Waals surface area contributed by atoms with Gasteiger partial charge in [0.2, 0.25) is 0 Å². The molecular formula is C69H75ClF6N8O5. The molecule has 0 spiro atoms. The Bertz CT molecular complexity index is 3590. The van der Waals surface area contributed by atoms with E-state index in [1.54, 1.807) is 85.8 Å². The van der Waals surface area contributed by atoms with Gasteiger partial charge in [0.1, 0.15) is 28.9 Å². The number of rotatable bonds is 21. The van der Waals surface area contributed by atoms with Gasteiger partial charge in [0.15, 0.2) is 0 Å². The van der Waals surface area contributed by atoms with E-state index in [4.69, 9.17) is 16.3 Å². The van der Waals surface area contributed by atoms with E-state index >= 15 is 0 Å². The molecule has 4 aromatic carbocycles. The highest BCUT2D eigenvalue weighted by Crippen LogP contribution is 2.33. The van der Waals surface area contributed by atoms with Crippen molar-refractivity contribution in [3.8, 4) is 50.8 Å². The molecule has 20 heteroatoms. The highest BCUT2D eigenvalue weighted by molar-refractivity contribution is 6.30. The van der Waals surface area contributed by atoms with Crippen LogP contribution in [0.4, 0.5) is 26.3 Å². The number of nitrogens with one attached hydrogen (secondary N) is 4. The number of hydrogen-bond donors (Lipinski definition) is 4. The molecule has 89 heavy (non-hydrogen) atoms. The Kier molecular flexibility index (Phi) is 27.2. The van der Waals surface area contributed by atoms with Crippen LogP contribution in [0.3, 0.4) is 0 Å². The van der Waals surface area contributed by atoms with Gasteiger partial charge in [-0.25, -0.2) is 0 Å². The highest BCUT2D eigenvalue weighted by atomic mass is 35.5. The number of ether oxygens (including phenoxy) is 1. The maximum Gasteiger partial charge on any atom is 0.416 e. The van der Waals surface area contributed by atoms with Gasteiger partial charge < -0.3 is 26.0 Å². The number of Topliss-reactive ketones (excluding diaryl/α,β-unsaturated/α-hetero) is 4. The van der Waals surface area contributed by atoms with E-state index in [1.165, 1.54) is 32.0 Å².